The highest BCUT2D eigenvalue weighted by atomic mass is 16.5. The Morgan fingerprint density at radius 3 is 2.90 bits per heavy atom. The molecular formula is C16H29N3O. The maximum absolute atomic E-state index is 5.11. The summed E-state index contributed by atoms with van der Waals surface area (Å²) in [5, 5.41) is 7.82. The molecule has 1 aromatic heterocycles. The lowest BCUT2D eigenvalue weighted by molar-refractivity contribution is 0.194. The molecule has 1 aromatic rings. The molecule has 1 aliphatic carbocycles. The van der Waals surface area contributed by atoms with Crippen LogP contribution in [-0.2, 0) is 18.2 Å². The van der Waals surface area contributed by atoms with E-state index in [0.29, 0.717) is 0 Å². The Hall–Kier alpha value is -0.870. The Kier molecular flexibility index (Phi) is 6.54. The fraction of sp³-hybridized carbons (Fsp3) is 0.812. The van der Waals surface area contributed by atoms with Crippen LogP contribution in [0.5, 0.6) is 0 Å². The molecule has 1 atom stereocenters. The van der Waals surface area contributed by atoms with Gasteiger partial charge in [0.15, 0.2) is 0 Å². The number of nitrogens with zero attached hydrogens (tertiary/aromatic N) is 2. The zero-order valence-electron chi connectivity index (χ0n) is 13.0. The van der Waals surface area contributed by atoms with Crippen LogP contribution in [0.4, 0.5) is 0 Å². The van der Waals surface area contributed by atoms with Gasteiger partial charge in [0.1, 0.15) is 0 Å². The third-order valence-corrected chi connectivity index (χ3v) is 4.65. The van der Waals surface area contributed by atoms with Crippen molar-refractivity contribution in [2.75, 3.05) is 26.8 Å². The van der Waals surface area contributed by atoms with Crippen molar-refractivity contribution in [3.63, 3.8) is 0 Å². The van der Waals surface area contributed by atoms with E-state index in [1.54, 1.807) is 7.11 Å². The molecule has 1 unspecified atom stereocenters. The summed E-state index contributed by atoms with van der Waals surface area (Å²) in [6.07, 6.45) is 9.99. The topological polar surface area (TPSA) is 39.1 Å². The van der Waals surface area contributed by atoms with Crippen LogP contribution in [0.3, 0.4) is 0 Å². The molecule has 0 radical (unpaired) electrons. The number of ether oxygens (including phenoxy) is 1. The van der Waals surface area contributed by atoms with Crippen LogP contribution in [0.1, 0.15) is 37.8 Å². The molecule has 1 aliphatic rings. The summed E-state index contributed by atoms with van der Waals surface area (Å²) in [5.74, 6) is 1.71. The number of methoxy groups -OCH3 is 1. The normalized spacial score (nSPS) is 17.7. The highest BCUT2D eigenvalue weighted by Gasteiger charge is 2.24. The minimum atomic E-state index is 0.796. The smallest absolute Gasteiger partial charge is 0.0587 e. The average Bonchev–Trinajstić information content (AvgIpc) is 3.10. The van der Waals surface area contributed by atoms with Crippen LogP contribution in [0.15, 0.2) is 12.3 Å². The summed E-state index contributed by atoms with van der Waals surface area (Å²) in [5.41, 5.74) is 1.35. The summed E-state index contributed by atoms with van der Waals surface area (Å²) in [6.45, 7) is 2.90. The number of hydrogen-bond donors (Lipinski definition) is 1. The van der Waals surface area contributed by atoms with Crippen molar-refractivity contribution in [1.82, 2.24) is 15.1 Å². The molecule has 1 N–H and O–H groups in total. The second-order valence-electron chi connectivity index (χ2n) is 5.99. The molecule has 1 saturated carbocycles. The SMILES string of the molecule is COCCNCC(CCc1ccnn1C)C1CCCC1. The van der Waals surface area contributed by atoms with E-state index < -0.39 is 0 Å². The number of aryl methyl sites for hydroxylation is 2. The van der Waals surface area contributed by atoms with Gasteiger partial charge in [-0.15, -0.1) is 0 Å². The third kappa shape index (κ3) is 4.60. The second kappa shape index (κ2) is 8.42. The molecule has 0 saturated heterocycles. The van der Waals surface area contributed by atoms with Gasteiger partial charge >= 0.3 is 0 Å². The first-order valence-electron chi connectivity index (χ1n) is 7.97. The first-order chi connectivity index (χ1) is 9.81. The molecule has 0 amide bonds. The molecule has 4 heteroatoms. The van der Waals surface area contributed by atoms with Crippen LogP contribution in [0, 0.1) is 11.8 Å². The molecule has 1 heterocycles. The Labute approximate surface area is 122 Å². The lowest BCUT2D eigenvalue weighted by Gasteiger charge is -2.24. The molecule has 0 aliphatic heterocycles. The molecular weight excluding hydrogens is 250 g/mol. The third-order valence-electron chi connectivity index (χ3n) is 4.65. The average molecular weight is 279 g/mol. The van der Waals surface area contributed by atoms with E-state index in [4.69, 9.17) is 4.74 Å². The summed E-state index contributed by atoms with van der Waals surface area (Å²) < 4.78 is 7.11. The van der Waals surface area contributed by atoms with E-state index in [2.05, 4.69) is 16.5 Å². The molecule has 0 spiro atoms. The quantitative estimate of drug-likeness (QED) is 0.706. The summed E-state index contributed by atoms with van der Waals surface area (Å²) >= 11 is 0. The molecule has 1 fully saturated rings. The summed E-state index contributed by atoms with van der Waals surface area (Å²) in [6, 6.07) is 2.14. The van der Waals surface area contributed by atoms with Crippen LogP contribution in [-0.4, -0.2) is 36.6 Å². The van der Waals surface area contributed by atoms with Crippen LogP contribution < -0.4 is 5.32 Å². The number of nitrogens with one attached hydrogen (secondary N) is 1. The van der Waals surface area contributed by atoms with E-state index in [0.717, 1.165) is 38.0 Å². The number of aromatic nitrogens is 2. The first kappa shape index (κ1) is 15.5. The largest absolute Gasteiger partial charge is 0.383 e. The predicted octanol–water partition coefficient (Wildman–Crippen LogP) is 2.40. The van der Waals surface area contributed by atoms with E-state index in [1.165, 1.54) is 37.8 Å². The lowest BCUT2D eigenvalue weighted by atomic mass is 9.86. The van der Waals surface area contributed by atoms with Gasteiger partial charge in [0.25, 0.3) is 0 Å². The Morgan fingerprint density at radius 2 is 2.25 bits per heavy atom. The number of rotatable bonds is 9. The van der Waals surface area contributed by atoms with E-state index >= 15 is 0 Å². The van der Waals surface area contributed by atoms with Gasteiger partial charge in [-0.1, -0.05) is 25.7 Å². The van der Waals surface area contributed by atoms with Gasteiger partial charge in [0.05, 0.1) is 6.61 Å². The van der Waals surface area contributed by atoms with Crippen molar-refractivity contribution in [2.24, 2.45) is 18.9 Å². The van der Waals surface area contributed by atoms with Crippen LogP contribution in [0.2, 0.25) is 0 Å². The molecule has 0 bridgehead atoms. The maximum Gasteiger partial charge on any atom is 0.0587 e. The Morgan fingerprint density at radius 1 is 1.45 bits per heavy atom. The van der Waals surface area contributed by atoms with Gasteiger partial charge in [-0.2, -0.15) is 5.10 Å². The fourth-order valence-electron chi connectivity index (χ4n) is 3.37. The van der Waals surface area contributed by atoms with Crippen LogP contribution in [0.25, 0.3) is 0 Å². The van der Waals surface area contributed by atoms with E-state index in [-0.39, 0.29) is 0 Å². The van der Waals surface area contributed by atoms with Gasteiger partial charge < -0.3 is 10.1 Å². The monoisotopic (exact) mass is 279 g/mol. The Balaban J connectivity index is 1.80. The second-order valence-corrected chi connectivity index (χ2v) is 5.99. The van der Waals surface area contributed by atoms with Gasteiger partial charge in [-0.05, 0) is 37.3 Å². The fourth-order valence-corrected chi connectivity index (χ4v) is 3.37. The number of hydrogen-bond acceptors (Lipinski definition) is 3. The van der Waals surface area contributed by atoms with Crippen molar-refractivity contribution in [1.29, 1.82) is 0 Å². The van der Waals surface area contributed by atoms with Gasteiger partial charge in [-0.25, -0.2) is 0 Å². The zero-order valence-corrected chi connectivity index (χ0v) is 13.0. The van der Waals surface area contributed by atoms with Crippen molar-refractivity contribution in [2.45, 2.75) is 38.5 Å². The maximum atomic E-state index is 5.11. The molecule has 20 heavy (non-hydrogen) atoms. The molecule has 0 aromatic carbocycles. The van der Waals surface area contributed by atoms with E-state index in [1.807, 2.05) is 17.9 Å². The highest BCUT2D eigenvalue weighted by Crippen LogP contribution is 2.33. The van der Waals surface area contributed by atoms with Crippen molar-refractivity contribution in [3.05, 3.63) is 18.0 Å². The van der Waals surface area contributed by atoms with Gasteiger partial charge in [0.2, 0.25) is 0 Å². The first-order valence-corrected chi connectivity index (χ1v) is 7.97. The summed E-state index contributed by atoms with van der Waals surface area (Å²) in [7, 11) is 3.80. The van der Waals surface area contributed by atoms with Crippen LogP contribution >= 0.6 is 0 Å². The molecule has 4 nitrogen and oxygen atoms in total. The van der Waals surface area contributed by atoms with Crippen molar-refractivity contribution < 1.29 is 4.74 Å². The highest BCUT2D eigenvalue weighted by molar-refractivity contribution is 5.00. The lowest BCUT2D eigenvalue weighted by Crippen LogP contribution is -2.30. The van der Waals surface area contributed by atoms with E-state index in [9.17, 15) is 0 Å². The van der Waals surface area contributed by atoms with Crippen molar-refractivity contribution in [3.8, 4) is 0 Å². The zero-order chi connectivity index (χ0) is 14.2. The molecule has 2 rings (SSSR count). The summed E-state index contributed by atoms with van der Waals surface area (Å²) in [4.78, 5) is 0. The standard InChI is InChI=1S/C16H29N3O/c1-19-16(9-10-18-19)8-7-15(13-17-11-12-20-2)14-5-3-4-6-14/h9-10,14-15,17H,3-8,11-13H2,1-2H3. The van der Waals surface area contributed by atoms with Gasteiger partial charge in [0, 0.05) is 32.6 Å². The minimum absolute atomic E-state index is 0.796. The Bertz CT molecular complexity index is 372. The van der Waals surface area contributed by atoms with Crippen molar-refractivity contribution >= 4 is 0 Å². The minimum Gasteiger partial charge on any atom is -0.383 e. The predicted molar refractivity (Wildman–Crippen MR) is 81.7 cm³/mol. The van der Waals surface area contributed by atoms with Gasteiger partial charge in [-0.3, -0.25) is 4.68 Å². The molecule has 114 valence electrons.